The van der Waals surface area contributed by atoms with Crippen LogP contribution < -0.4 is 20.4 Å². The van der Waals surface area contributed by atoms with Gasteiger partial charge in [-0.15, -0.1) is 0 Å². The number of nitriles is 1. The number of hydroxylamine groups is 1. The van der Waals surface area contributed by atoms with E-state index in [-0.39, 0.29) is 41.1 Å². The summed E-state index contributed by atoms with van der Waals surface area (Å²) in [6.07, 6.45) is 5.55. The van der Waals surface area contributed by atoms with Crippen LogP contribution in [0.5, 0.6) is 11.5 Å². The predicted molar refractivity (Wildman–Crippen MR) is 172 cm³/mol. The first-order valence-corrected chi connectivity index (χ1v) is 14.6. The molecule has 0 radical (unpaired) electrons. The van der Waals surface area contributed by atoms with Crippen molar-refractivity contribution in [3.05, 3.63) is 95.5 Å². The van der Waals surface area contributed by atoms with Gasteiger partial charge in [-0.2, -0.15) is 5.26 Å². The van der Waals surface area contributed by atoms with Crippen molar-refractivity contribution in [3.8, 4) is 39.8 Å². The first kappa shape index (κ1) is 35.0. The highest BCUT2D eigenvalue weighted by Gasteiger charge is 2.26. The van der Waals surface area contributed by atoms with Crippen LogP contribution in [0.15, 0.2) is 72.8 Å². The van der Waals surface area contributed by atoms with Crippen LogP contribution in [0.25, 0.3) is 28.3 Å². The Bertz CT molecular complexity index is 1810. The lowest BCUT2D eigenvalue weighted by Gasteiger charge is -2.34. The lowest BCUT2D eigenvalue weighted by molar-refractivity contribution is -0.126. The normalized spacial score (nSPS) is 13.1. The SMILES string of the molecule is COc1ccc(-c2cnc(N3CCC(NCc4ccc(C=C(F)C(=O)NO)cc4)CC3)c(F)c2-c2ccc(C#N)nc2)cc1O.O=CO. The third-order valence-electron chi connectivity index (χ3n) is 7.64. The summed E-state index contributed by atoms with van der Waals surface area (Å²) in [5.41, 5.74) is 4.64. The number of aromatic hydroxyl groups is 1. The number of carbonyl (C=O) groups excluding carboxylic acids is 1. The Morgan fingerprint density at radius 1 is 1.10 bits per heavy atom. The second kappa shape index (κ2) is 16.6. The van der Waals surface area contributed by atoms with Crippen molar-refractivity contribution in [2.45, 2.75) is 25.4 Å². The number of halogens is 2. The summed E-state index contributed by atoms with van der Waals surface area (Å²) < 4.78 is 35.2. The van der Waals surface area contributed by atoms with Crippen LogP contribution in [-0.2, 0) is 16.1 Å². The zero-order chi connectivity index (χ0) is 34.6. The maximum atomic E-state index is 16.4. The maximum Gasteiger partial charge on any atom is 0.303 e. The number of anilines is 1. The van der Waals surface area contributed by atoms with E-state index < -0.39 is 17.6 Å². The Morgan fingerprint density at radius 3 is 2.38 bits per heavy atom. The molecule has 2 aromatic heterocycles. The molecule has 3 heterocycles. The topological polar surface area (TPSA) is 181 Å². The smallest absolute Gasteiger partial charge is 0.303 e. The van der Waals surface area contributed by atoms with E-state index in [0.717, 1.165) is 24.5 Å². The van der Waals surface area contributed by atoms with E-state index in [0.29, 0.717) is 41.9 Å². The average Bonchev–Trinajstić information content (AvgIpc) is 3.11. The van der Waals surface area contributed by atoms with Crippen molar-refractivity contribution in [1.29, 1.82) is 5.26 Å². The molecular weight excluding hydrogens is 626 g/mol. The number of methoxy groups -OCH3 is 1. The summed E-state index contributed by atoms with van der Waals surface area (Å²) in [5, 5.41) is 38.5. The van der Waals surface area contributed by atoms with Crippen LogP contribution in [0.2, 0.25) is 0 Å². The number of amides is 1. The van der Waals surface area contributed by atoms with Crippen LogP contribution in [0.4, 0.5) is 14.6 Å². The highest BCUT2D eigenvalue weighted by Crippen LogP contribution is 2.40. The van der Waals surface area contributed by atoms with Crippen LogP contribution >= 0.6 is 0 Å². The highest BCUT2D eigenvalue weighted by molar-refractivity contribution is 5.94. The number of aromatic nitrogens is 2. The number of rotatable bonds is 9. The quantitative estimate of drug-likeness (QED) is 0.0721. The molecule has 1 fully saturated rings. The first-order valence-electron chi connectivity index (χ1n) is 14.6. The van der Waals surface area contributed by atoms with Gasteiger partial charge in [0.2, 0.25) is 0 Å². The van der Waals surface area contributed by atoms with Crippen LogP contribution in [0.1, 0.15) is 29.7 Å². The number of phenolic OH excluding ortho intramolecular Hbond substituents is 1. The molecule has 1 amide bonds. The molecule has 0 atom stereocenters. The van der Waals surface area contributed by atoms with Gasteiger partial charge in [0, 0.05) is 54.8 Å². The Morgan fingerprint density at radius 2 is 1.79 bits per heavy atom. The van der Waals surface area contributed by atoms with E-state index in [1.165, 1.54) is 30.9 Å². The number of hydrogen-bond acceptors (Lipinski definition) is 10. The van der Waals surface area contributed by atoms with Crippen molar-refractivity contribution in [2.24, 2.45) is 0 Å². The molecule has 12 nitrogen and oxygen atoms in total. The Labute approximate surface area is 274 Å². The van der Waals surface area contributed by atoms with E-state index >= 15 is 4.39 Å². The molecule has 1 aliphatic rings. The molecule has 248 valence electrons. The van der Waals surface area contributed by atoms with Gasteiger partial charge in [0.25, 0.3) is 6.47 Å². The number of nitrogens with one attached hydrogen (secondary N) is 2. The van der Waals surface area contributed by atoms with E-state index in [9.17, 15) is 19.6 Å². The molecule has 5 rings (SSSR count). The fourth-order valence-electron chi connectivity index (χ4n) is 5.22. The van der Waals surface area contributed by atoms with Gasteiger partial charge in [-0.1, -0.05) is 30.3 Å². The van der Waals surface area contributed by atoms with E-state index in [2.05, 4.69) is 15.3 Å². The average molecular weight is 659 g/mol. The second-order valence-corrected chi connectivity index (χ2v) is 10.5. The number of benzene rings is 2. The summed E-state index contributed by atoms with van der Waals surface area (Å²) in [7, 11) is 1.45. The standard InChI is InChI=1S/C33H30F2N6O4.CH2O2/c1-45-29-9-7-22(15-28(29)42)26-19-39-32(31(35)30(26)23-6-8-25(16-36)38-18-23)41-12-10-24(11-13-41)37-17-21-4-2-20(3-5-21)14-27(34)33(43)40-44;2-1-3/h2-9,14-15,18-19,24,37,42,44H,10-13,17H2,1H3,(H,40,43);1H,(H,2,3). The van der Waals surface area contributed by atoms with Crippen LogP contribution in [-0.4, -0.2) is 64.0 Å². The number of ether oxygens (including phenoxy) is 1. The largest absolute Gasteiger partial charge is 0.504 e. The molecule has 0 aliphatic carbocycles. The third-order valence-corrected chi connectivity index (χ3v) is 7.64. The molecular formula is C34H32F2N6O6. The zero-order valence-corrected chi connectivity index (χ0v) is 25.7. The lowest BCUT2D eigenvalue weighted by atomic mass is 9.95. The maximum absolute atomic E-state index is 16.4. The van der Waals surface area contributed by atoms with Crippen molar-refractivity contribution in [2.75, 3.05) is 25.1 Å². The minimum atomic E-state index is -1.21. The van der Waals surface area contributed by atoms with Gasteiger partial charge in [0.1, 0.15) is 11.8 Å². The third kappa shape index (κ3) is 8.46. The molecule has 0 saturated carbocycles. The number of piperidine rings is 1. The van der Waals surface area contributed by atoms with Crippen molar-refractivity contribution >= 4 is 24.3 Å². The number of carboxylic acid groups (broad SMARTS) is 1. The minimum absolute atomic E-state index is 0.0910. The molecule has 1 saturated heterocycles. The van der Waals surface area contributed by atoms with Gasteiger partial charge >= 0.3 is 5.91 Å². The molecule has 1 aliphatic heterocycles. The molecule has 48 heavy (non-hydrogen) atoms. The van der Waals surface area contributed by atoms with Gasteiger partial charge in [-0.05, 0) is 59.9 Å². The molecule has 4 aromatic rings. The summed E-state index contributed by atoms with van der Waals surface area (Å²) in [6, 6.07) is 17.1. The zero-order valence-electron chi connectivity index (χ0n) is 25.7. The van der Waals surface area contributed by atoms with Gasteiger partial charge in [0.05, 0.1) is 7.11 Å². The van der Waals surface area contributed by atoms with E-state index in [4.69, 9.17) is 19.8 Å². The Balaban J connectivity index is 0.00000167. The molecule has 0 bridgehead atoms. The number of hydrogen-bond donors (Lipinski definition) is 5. The van der Waals surface area contributed by atoms with Gasteiger partial charge in [-0.3, -0.25) is 14.8 Å². The summed E-state index contributed by atoms with van der Waals surface area (Å²) >= 11 is 0. The summed E-state index contributed by atoms with van der Waals surface area (Å²) in [5.74, 6) is -2.43. The molecule has 5 N–H and O–H groups in total. The van der Waals surface area contributed by atoms with E-state index in [1.54, 1.807) is 36.5 Å². The number of phenols is 1. The Hall–Kier alpha value is -5.91. The fraction of sp³-hybridized carbons (Fsp3) is 0.206. The van der Waals surface area contributed by atoms with Crippen LogP contribution in [0, 0.1) is 17.1 Å². The predicted octanol–water partition coefficient (Wildman–Crippen LogP) is 4.81. The summed E-state index contributed by atoms with van der Waals surface area (Å²) in [6.45, 7) is 1.44. The number of pyridine rings is 2. The molecule has 14 heteroatoms. The van der Waals surface area contributed by atoms with Gasteiger partial charge in [0.15, 0.2) is 29.0 Å². The highest BCUT2D eigenvalue weighted by atomic mass is 19.1. The van der Waals surface area contributed by atoms with Crippen LogP contribution in [0.3, 0.4) is 0 Å². The first-order chi connectivity index (χ1) is 23.2. The minimum Gasteiger partial charge on any atom is -0.504 e. The molecule has 0 unspecified atom stereocenters. The van der Waals surface area contributed by atoms with Crippen molar-refractivity contribution in [3.63, 3.8) is 0 Å². The fourth-order valence-corrected chi connectivity index (χ4v) is 5.22. The molecule has 2 aromatic carbocycles. The van der Waals surface area contributed by atoms with Gasteiger partial charge < -0.3 is 25.2 Å². The summed E-state index contributed by atoms with van der Waals surface area (Å²) in [4.78, 5) is 30.0. The second-order valence-electron chi connectivity index (χ2n) is 10.5. The van der Waals surface area contributed by atoms with Crippen molar-refractivity contribution < 1.29 is 38.5 Å². The molecule has 0 spiro atoms. The van der Waals surface area contributed by atoms with Crippen molar-refractivity contribution in [1.82, 2.24) is 20.8 Å². The monoisotopic (exact) mass is 658 g/mol. The lowest BCUT2D eigenvalue weighted by Crippen LogP contribution is -2.43. The van der Waals surface area contributed by atoms with E-state index in [1.807, 2.05) is 23.1 Å². The number of nitrogens with zero attached hydrogens (tertiary/aromatic N) is 4. The Kier molecular flexibility index (Phi) is 12.1. The van der Waals surface area contributed by atoms with Gasteiger partial charge in [-0.25, -0.2) is 24.2 Å². The number of carbonyl (C=O) groups is 2.